The van der Waals surface area contributed by atoms with Crippen molar-refractivity contribution in [3.63, 3.8) is 0 Å². The number of aromatic nitrogens is 1. The molecule has 6 heteroatoms. The Morgan fingerprint density at radius 2 is 2.18 bits per heavy atom. The summed E-state index contributed by atoms with van der Waals surface area (Å²) in [6, 6.07) is 3.54. The summed E-state index contributed by atoms with van der Waals surface area (Å²) in [6.07, 6.45) is 13.9. The summed E-state index contributed by atoms with van der Waals surface area (Å²) >= 11 is 1.51. The Morgan fingerprint density at radius 3 is 2.86 bits per heavy atom. The van der Waals surface area contributed by atoms with Gasteiger partial charge in [-0.05, 0) is 32.4 Å². The number of carboxylic acid groups (broad SMARTS) is 1. The van der Waals surface area contributed by atoms with E-state index in [0.29, 0.717) is 23.6 Å². The van der Waals surface area contributed by atoms with Crippen molar-refractivity contribution >= 4 is 23.6 Å². The van der Waals surface area contributed by atoms with Gasteiger partial charge in [0, 0.05) is 24.7 Å². The van der Waals surface area contributed by atoms with Crippen LogP contribution in [0.4, 0.5) is 0 Å². The highest BCUT2D eigenvalue weighted by atomic mass is 32.2. The van der Waals surface area contributed by atoms with Crippen LogP contribution in [-0.2, 0) is 9.59 Å². The molecule has 0 bridgehead atoms. The second kappa shape index (κ2) is 8.78. The SMILES string of the molecule is CC=C(C)C=CC=CC1C2CC2c2c(SCC(NC(C)=O)C(=O)O)ccc[n+]21. The van der Waals surface area contributed by atoms with E-state index in [-0.39, 0.29) is 5.91 Å². The molecule has 4 unspecified atom stereocenters. The second-order valence-electron chi connectivity index (χ2n) is 7.34. The van der Waals surface area contributed by atoms with Crippen molar-refractivity contribution in [3.05, 3.63) is 60.0 Å². The van der Waals surface area contributed by atoms with Crippen LogP contribution in [0.5, 0.6) is 0 Å². The van der Waals surface area contributed by atoms with E-state index in [4.69, 9.17) is 0 Å². The minimum atomic E-state index is -1.00. The lowest BCUT2D eigenvalue weighted by molar-refractivity contribution is -0.713. The van der Waals surface area contributed by atoms with Gasteiger partial charge in [0.25, 0.3) is 0 Å². The number of nitrogens with one attached hydrogen (secondary N) is 1. The van der Waals surface area contributed by atoms with E-state index in [1.165, 1.54) is 36.4 Å². The average molecular weight is 400 g/mol. The lowest BCUT2D eigenvalue weighted by Gasteiger charge is -2.13. The Morgan fingerprint density at radius 1 is 1.39 bits per heavy atom. The molecule has 5 nitrogen and oxygen atoms in total. The van der Waals surface area contributed by atoms with Crippen molar-refractivity contribution in [2.24, 2.45) is 5.92 Å². The van der Waals surface area contributed by atoms with Crippen LogP contribution in [0.15, 0.2) is 59.2 Å². The van der Waals surface area contributed by atoms with E-state index in [1.54, 1.807) is 0 Å². The molecule has 2 aliphatic rings. The van der Waals surface area contributed by atoms with Gasteiger partial charge in [0.15, 0.2) is 17.9 Å². The molecule has 0 radical (unpaired) electrons. The summed E-state index contributed by atoms with van der Waals surface area (Å²) in [4.78, 5) is 23.7. The van der Waals surface area contributed by atoms with Crippen LogP contribution in [0, 0.1) is 5.92 Å². The first-order valence-electron chi connectivity index (χ1n) is 9.57. The Hall–Kier alpha value is -2.34. The number of aliphatic carboxylic acids is 1. The fraction of sp³-hybridized carbons (Fsp3) is 0.409. The minimum absolute atomic E-state index is 0.315. The largest absolute Gasteiger partial charge is 0.480 e. The van der Waals surface area contributed by atoms with Gasteiger partial charge in [-0.25, -0.2) is 4.79 Å². The average Bonchev–Trinajstić information content (AvgIpc) is 3.38. The van der Waals surface area contributed by atoms with E-state index < -0.39 is 12.0 Å². The zero-order chi connectivity index (χ0) is 20.3. The fourth-order valence-electron chi connectivity index (χ4n) is 3.70. The first kappa shape index (κ1) is 20.4. The maximum Gasteiger partial charge on any atom is 0.327 e. The number of carboxylic acids is 1. The minimum Gasteiger partial charge on any atom is -0.480 e. The van der Waals surface area contributed by atoms with Gasteiger partial charge in [0.1, 0.15) is 6.04 Å². The lowest BCUT2D eigenvalue weighted by atomic mass is 10.1. The van der Waals surface area contributed by atoms with Crippen molar-refractivity contribution in [1.29, 1.82) is 0 Å². The molecule has 1 fully saturated rings. The number of carbonyl (C=O) groups is 2. The predicted octanol–water partition coefficient (Wildman–Crippen LogP) is 3.39. The molecule has 0 aromatic carbocycles. The van der Waals surface area contributed by atoms with Crippen LogP contribution < -0.4 is 9.88 Å². The number of thioether (sulfide) groups is 1. The monoisotopic (exact) mass is 399 g/mol. The van der Waals surface area contributed by atoms with E-state index in [0.717, 1.165) is 4.90 Å². The quantitative estimate of drug-likeness (QED) is 0.399. The number of pyridine rings is 1. The lowest BCUT2D eigenvalue weighted by Crippen LogP contribution is -2.42. The molecule has 1 aliphatic carbocycles. The maximum atomic E-state index is 11.4. The number of hydrogen-bond donors (Lipinski definition) is 2. The van der Waals surface area contributed by atoms with Gasteiger partial charge in [0.05, 0.1) is 10.8 Å². The highest BCUT2D eigenvalue weighted by Gasteiger charge is 2.59. The van der Waals surface area contributed by atoms with E-state index in [2.05, 4.69) is 59.5 Å². The Labute approximate surface area is 170 Å². The van der Waals surface area contributed by atoms with E-state index >= 15 is 0 Å². The highest BCUT2D eigenvalue weighted by Crippen LogP contribution is 2.58. The zero-order valence-corrected chi connectivity index (χ0v) is 17.3. The number of carbonyl (C=O) groups excluding carboxylic acids is 1. The van der Waals surface area contributed by atoms with Crippen molar-refractivity contribution in [2.75, 3.05) is 5.75 Å². The summed E-state index contributed by atoms with van der Waals surface area (Å²) in [5.74, 6) is 0.156. The Kier molecular flexibility index (Phi) is 6.39. The third-order valence-corrected chi connectivity index (χ3v) is 6.45. The van der Waals surface area contributed by atoms with Gasteiger partial charge in [-0.15, -0.1) is 11.8 Å². The molecule has 3 rings (SSSR count). The smallest absolute Gasteiger partial charge is 0.327 e. The fourth-order valence-corrected chi connectivity index (χ4v) is 4.85. The van der Waals surface area contributed by atoms with Gasteiger partial charge in [-0.3, -0.25) is 4.79 Å². The van der Waals surface area contributed by atoms with E-state index in [9.17, 15) is 14.7 Å². The molecule has 28 heavy (non-hydrogen) atoms. The summed E-state index contributed by atoms with van der Waals surface area (Å²) in [7, 11) is 0. The number of hydrogen-bond acceptors (Lipinski definition) is 3. The number of allylic oxidation sites excluding steroid dienone is 6. The molecule has 2 N–H and O–H groups in total. The van der Waals surface area contributed by atoms with Crippen LogP contribution in [0.2, 0.25) is 0 Å². The molecule has 1 saturated carbocycles. The molecule has 1 aliphatic heterocycles. The van der Waals surface area contributed by atoms with Crippen molar-refractivity contribution in [1.82, 2.24) is 5.32 Å². The Bertz CT molecular complexity index is 859. The molecular formula is C22H27N2O3S+. The first-order valence-corrected chi connectivity index (χ1v) is 10.6. The van der Waals surface area contributed by atoms with Crippen molar-refractivity contribution in [3.8, 4) is 0 Å². The third-order valence-electron chi connectivity index (χ3n) is 5.29. The number of nitrogens with zero attached hydrogens (tertiary/aromatic N) is 1. The highest BCUT2D eigenvalue weighted by molar-refractivity contribution is 7.99. The molecule has 148 valence electrons. The van der Waals surface area contributed by atoms with Crippen LogP contribution in [0.1, 0.15) is 44.8 Å². The summed E-state index contributed by atoms with van der Waals surface area (Å²) < 4.78 is 2.32. The van der Waals surface area contributed by atoms with Gasteiger partial charge in [0.2, 0.25) is 5.91 Å². The topological polar surface area (TPSA) is 70.3 Å². The first-order chi connectivity index (χ1) is 13.4. The zero-order valence-electron chi connectivity index (χ0n) is 16.5. The molecule has 1 aromatic rings. The van der Waals surface area contributed by atoms with Crippen LogP contribution in [-0.4, -0.2) is 28.8 Å². The third kappa shape index (κ3) is 4.55. The van der Waals surface area contributed by atoms with Crippen LogP contribution in [0.3, 0.4) is 0 Å². The maximum absolute atomic E-state index is 11.4. The van der Waals surface area contributed by atoms with E-state index in [1.807, 2.05) is 13.0 Å². The summed E-state index contributed by atoms with van der Waals surface area (Å²) in [6.45, 7) is 5.45. The summed E-state index contributed by atoms with van der Waals surface area (Å²) in [5, 5.41) is 11.8. The summed E-state index contributed by atoms with van der Waals surface area (Å²) in [5.41, 5.74) is 2.53. The molecule has 1 aromatic heterocycles. The standard InChI is InChI=1S/C22H26N2O3S/c1-4-14(2)8-5-6-9-19-16-12-17(16)21-20(10-7-11-24(19)21)28-13-18(22(26)27)23-15(3)25/h4-11,16-19H,12-13H2,1-3H3,(H-,23,25,26,27)/p+1. The van der Waals surface area contributed by atoms with Gasteiger partial charge < -0.3 is 10.4 Å². The van der Waals surface area contributed by atoms with Gasteiger partial charge in [-0.1, -0.05) is 29.9 Å². The number of rotatable bonds is 8. The molecule has 1 amide bonds. The molecule has 4 atom stereocenters. The van der Waals surface area contributed by atoms with Gasteiger partial charge >= 0.3 is 5.97 Å². The normalized spacial score (nSPS) is 24.2. The predicted molar refractivity (Wildman–Crippen MR) is 110 cm³/mol. The van der Waals surface area contributed by atoms with Crippen molar-refractivity contribution in [2.45, 2.75) is 50.1 Å². The molecular weight excluding hydrogens is 372 g/mol. The van der Waals surface area contributed by atoms with Crippen molar-refractivity contribution < 1.29 is 19.3 Å². The molecule has 0 saturated heterocycles. The Balaban J connectivity index is 1.73. The van der Waals surface area contributed by atoms with Gasteiger partial charge in [-0.2, -0.15) is 4.57 Å². The van der Waals surface area contributed by atoms with Crippen LogP contribution in [0.25, 0.3) is 0 Å². The molecule has 0 spiro atoms. The van der Waals surface area contributed by atoms with Crippen LogP contribution >= 0.6 is 11.8 Å². The molecule has 2 heterocycles. The number of fused-ring (bicyclic) bond motifs is 3. The number of amides is 1. The second-order valence-corrected chi connectivity index (χ2v) is 8.40.